The molecule has 0 atom stereocenters. The zero-order valence-electron chi connectivity index (χ0n) is 14.7. The maximum atomic E-state index is 14.1. The molecule has 0 radical (unpaired) electrons. The monoisotopic (exact) mass is 388 g/mol. The van der Waals surface area contributed by atoms with Crippen LogP contribution in [-0.4, -0.2) is 13.1 Å². The van der Waals surface area contributed by atoms with Crippen molar-refractivity contribution in [1.29, 1.82) is 0 Å². The second-order valence-corrected chi connectivity index (χ2v) is 5.70. The van der Waals surface area contributed by atoms with Crippen LogP contribution in [0.4, 0.5) is 13.2 Å². The summed E-state index contributed by atoms with van der Waals surface area (Å²) in [4.78, 5) is 12.1. The number of esters is 1. The molecule has 0 unspecified atom stereocenters. The summed E-state index contributed by atoms with van der Waals surface area (Å²) in [5.41, 5.74) is 0.209. The van der Waals surface area contributed by atoms with Crippen LogP contribution in [0.25, 0.3) is 0 Å². The van der Waals surface area contributed by atoms with Crippen LogP contribution in [-0.2, 0) is 6.61 Å². The van der Waals surface area contributed by atoms with Crippen molar-refractivity contribution in [1.82, 2.24) is 0 Å². The molecular weight excluding hydrogens is 373 g/mol. The molecule has 28 heavy (non-hydrogen) atoms. The van der Waals surface area contributed by atoms with Gasteiger partial charge in [0.25, 0.3) is 0 Å². The minimum absolute atomic E-state index is 0.0835. The first-order chi connectivity index (χ1) is 13.5. The zero-order chi connectivity index (χ0) is 20.1. The van der Waals surface area contributed by atoms with Gasteiger partial charge in [0.2, 0.25) is 5.82 Å². The van der Waals surface area contributed by atoms with Crippen LogP contribution >= 0.6 is 0 Å². The molecule has 4 nitrogen and oxygen atoms in total. The molecule has 3 aromatic rings. The second-order valence-electron chi connectivity index (χ2n) is 5.70. The largest absolute Gasteiger partial charge is 0.491 e. The van der Waals surface area contributed by atoms with Gasteiger partial charge in [0.1, 0.15) is 23.7 Å². The highest BCUT2D eigenvalue weighted by Gasteiger charge is 2.25. The number of carbonyl (C=O) groups is 1. The van der Waals surface area contributed by atoms with E-state index in [9.17, 15) is 18.0 Å². The molecule has 0 saturated carbocycles. The van der Waals surface area contributed by atoms with Crippen LogP contribution in [0.1, 0.15) is 15.9 Å². The van der Waals surface area contributed by atoms with Crippen LogP contribution in [0.3, 0.4) is 0 Å². The molecule has 0 aliphatic rings. The van der Waals surface area contributed by atoms with Crippen molar-refractivity contribution in [3.8, 4) is 17.2 Å². The predicted octanol–water partition coefficient (Wildman–Crippen LogP) is 4.91. The molecule has 3 rings (SSSR count). The molecule has 0 amide bonds. The summed E-state index contributed by atoms with van der Waals surface area (Å²) in [6.45, 7) is 0.361. The fraction of sp³-hybridized carbons (Fsp3) is 0.0952. The van der Waals surface area contributed by atoms with E-state index in [1.165, 1.54) is 12.1 Å². The van der Waals surface area contributed by atoms with Crippen LogP contribution < -0.4 is 14.2 Å². The summed E-state index contributed by atoms with van der Waals surface area (Å²) in [7, 11) is 0.963. The highest BCUT2D eigenvalue weighted by atomic mass is 19.2. The Bertz CT molecular complexity index is 973. The van der Waals surface area contributed by atoms with E-state index in [0.717, 1.165) is 12.7 Å². The summed E-state index contributed by atoms with van der Waals surface area (Å²) >= 11 is 0. The number of methoxy groups -OCH3 is 1. The standard InChI is InChI=1S/C21H15F3O4/c1-26-20-18(23)16(11-17(22)19(20)24)21(25)28-15-9-7-14(8-10-15)27-12-13-5-3-2-4-6-13/h2-11H,12H2,1H3. The Morgan fingerprint density at radius 2 is 1.54 bits per heavy atom. The average molecular weight is 388 g/mol. The number of rotatable bonds is 6. The van der Waals surface area contributed by atoms with E-state index in [0.29, 0.717) is 18.4 Å². The molecule has 0 N–H and O–H groups in total. The molecule has 144 valence electrons. The van der Waals surface area contributed by atoms with Gasteiger partial charge >= 0.3 is 5.97 Å². The molecule has 0 aliphatic carbocycles. The van der Waals surface area contributed by atoms with Gasteiger partial charge in [-0.05, 0) is 35.9 Å². The van der Waals surface area contributed by atoms with E-state index in [1.807, 2.05) is 30.3 Å². The van der Waals surface area contributed by atoms with E-state index < -0.39 is 34.7 Å². The van der Waals surface area contributed by atoms with E-state index in [-0.39, 0.29) is 5.75 Å². The third-order valence-corrected chi connectivity index (χ3v) is 3.82. The minimum Gasteiger partial charge on any atom is -0.491 e. The normalized spacial score (nSPS) is 10.4. The summed E-state index contributed by atoms with van der Waals surface area (Å²) in [6.07, 6.45) is 0. The van der Waals surface area contributed by atoms with Gasteiger partial charge in [-0.1, -0.05) is 30.3 Å². The van der Waals surface area contributed by atoms with Crippen molar-refractivity contribution in [2.75, 3.05) is 7.11 Å². The number of carbonyl (C=O) groups excluding carboxylic acids is 1. The molecule has 0 heterocycles. The molecule has 0 bridgehead atoms. The van der Waals surface area contributed by atoms with Gasteiger partial charge in [0.05, 0.1) is 7.11 Å². The van der Waals surface area contributed by atoms with Crippen LogP contribution in [0.2, 0.25) is 0 Å². The van der Waals surface area contributed by atoms with Crippen LogP contribution in [0.5, 0.6) is 17.2 Å². The first kappa shape index (κ1) is 19.3. The lowest BCUT2D eigenvalue weighted by Crippen LogP contribution is -2.13. The first-order valence-corrected chi connectivity index (χ1v) is 8.20. The summed E-state index contributed by atoms with van der Waals surface area (Å²) in [6, 6.07) is 16.0. The number of hydrogen-bond donors (Lipinski definition) is 0. The fourth-order valence-corrected chi connectivity index (χ4v) is 2.42. The van der Waals surface area contributed by atoms with E-state index in [2.05, 4.69) is 4.74 Å². The maximum absolute atomic E-state index is 14.1. The molecule has 0 spiro atoms. The molecule has 7 heteroatoms. The van der Waals surface area contributed by atoms with Gasteiger partial charge in [-0.25, -0.2) is 13.6 Å². The molecule has 0 saturated heterocycles. The smallest absolute Gasteiger partial charge is 0.346 e. The van der Waals surface area contributed by atoms with Crippen molar-refractivity contribution >= 4 is 5.97 Å². The highest BCUT2D eigenvalue weighted by Crippen LogP contribution is 2.28. The topological polar surface area (TPSA) is 44.8 Å². The molecule has 0 aliphatic heterocycles. The zero-order valence-corrected chi connectivity index (χ0v) is 14.7. The molecular formula is C21H15F3O4. The lowest BCUT2D eigenvalue weighted by molar-refractivity contribution is 0.0727. The quantitative estimate of drug-likeness (QED) is 0.342. The Morgan fingerprint density at radius 1 is 0.893 bits per heavy atom. The van der Waals surface area contributed by atoms with Crippen LogP contribution in [0, 0.1) is 17.5 Å². The fourth-order valence-electron chi connectivity index (χ4n) is 2.42. The lowest BCUT2D eigenvalue weighted by atomic mass is 10.2. The Balaban J connectivity index is 1.69. The Hall–Kier alpha value is -3.48. The highest BCUT2D eigenvalue weighted by molar-refractivity contribution is 5.92. The van der Waals surface area contributed by atoms with Crippen molar-refractivity contribution in [2.24, 2.45) is 0 Å². The maximum Gasteiger partial charge on any atom is 0.346 e. The average Bonchev–Trinajstić information content (AvgIpc) is 2.71. The number of halogens is 3. The van der Waals surface area contributed by atoms with E-state index >= 15 is 0 Å². The Morgan fingerprint density at radius 3 is 2.18 bits per heavy atom. The van der Waals surface area contributed by atoms with Gasteiger partial charge in [0.15, 0.2) is 17.4 Å². The third kappa shape index (κ3) is 4.25. The number of ether oxygens (including phenoxy) is 3. The van der Waals surface area contributed by atoms with Gasteiger partial charge in [0, 0.05) is 0 Å². The van der Waals surface area contributed by atoms with Crippen molar-refractivity contribution in [2.45, 2.75) is 6.61 Å². The van der Waals surface area contributed by atoms with E-state index in [1.54, 1.807) is 12.1 Å². The third-order valence-electron chi connectivity index (χ3n) is 3.82. The van der Waals surface area contributed by atoms with Gasteiger partial charge in [-0.2, -0.15) is 4.39 Å². The summed E-state index contributed by atoms with van der Waals surface area (Å²) < 4.78 is 56.2. The Labute approximate surface area is 159 Å². The number of benzene rings is 3. The molecule has 3 aromatic carbocycles. The minimum atomic E-state index is -1.52. The van der Waals surface area contributed by atoms with E-state index in [4.69, 9.17) is 9.47 Å². The SMILES string of the molecule is COc1c(F)c(F)cc(C(=O)Oc2ccc(OCc3ccccc3)cc2)c1F. The Kier molecular flexibility index (Phi) is 5.84. The first-order valence-electron chi connectivity index (χ1n) is 8.20. The summed E-state index contributed by atoms with van der Waals surface area (Å²) in [5.74, 6) is -5.84. The van der Waals surface area contributed by atoms with Crippen molar-refractivity contribution < 1.29 is 32.2 Å². The predicted molar refractivity (Wildman–Crippen MR) is 95.0 cm³/mol. The lowest BCUT2D eigenvalue weighted by Gasteiger charge is -2.10. The van der Waals surface area contributed by atoms with Gasteiger partial charge in [-0.15, -0.1) is 0 Å². The van der Waals surface area contributed by atoms with Crippen molar-refractivity contribution in [3.63, 3.8) is 0 Å². The van der Waals surface area contributed by atoms with Crippen LogP contribution in [0.15, 0.2) is 60.7 Å². The second kappa shape index (κ2) is 8.47. The van der Waals surface area contributed by atoms with Crippen molar-refractivity contribution in [3.05, 3.63) is 89.2 Å². The van der Waals surface area contributed by atoms with Gasteiger partial charge in [-0.3, -0.25) is 0 Å². The molecule has 0 aromatic heterocycles. The molecule has 0 fully saturated rings. The summed E-state index contributed by atoms with van der Waals surface area (Å²) in [5, 5.41) is 0. The number of hydrogen-bond acceptors (Lipinski definition) is 4. The van der Waals surface area contributed by atoms with Gasteiger partial charge < -0.3 is 14.2 Å².